The summed E-state index contributed by atoms with van der Waals surface area (Å²) in [4.78, 5) is 9.04. The normalized spacial score (nSPS) is 19.4. The fourth-order valence-corrected chi connectivity index (χ4v) is 2.80. The molecule has 0 unspecified atom stereocenters. The van der Waals surface area contributed by atoms with Gasteiger partial charge < -0.3 is 14.3 Å². The number of nitrogens with one attached hydrogen (secondary N) is 1. The first-order chi connectivity index (χ1) is 10.1. The number of anilines is 1. The number of fused-ring (bicyclic) bond motifs is 1. The third-order valence-corrected chi connectivity index (χ3v) is 4.36. The molecule has 0 amide bonds. The number of nitrogens with zero attached hydrogens (tertiary/aromatic N) is 4. The minimum absolute atomic E-state index is 0.157. The number of aromatic amines is 1. The van der Waals surface area contributed by atoms with Gasteiger partial charge in [-0.3, -0.25) is 0 Å². The summed E-state index contributed by atoms with van der Waals surface area (Å²) in [6.07, 6.45) is 4.25. The van der Waals surface area contributed by atoms with Crippen LogP contribution in [0.4, 0.5) is 14.8 Å². The van der Waals surface area contributed by atoms with E-state index in [-0.39, 0.29) is 6.01 Å². The molecule has 0 spiro atoms. The highest BCUT2D eigenvalue weighted by molar-refractivity contribution is 5.32. The van der Waals surface area contributed by atoms with Crippen LogP contribution < -0.4 is 4.90 Å². The number of imidazole rings is 1. The third kappa shape index (κ3) is 2.00. The predicted molar refractivity (Wildman–Crippen MR) is 68.9 cm³/mol. The number of hydrogen-bond donors (Lipinski definition) is 1. The summed E-state index contributed by atoms with van der Waals surface area (Å²) in [7, 11) is 0. The van der Waals surface area contributed by atoms with Crippen LogP contribution in [0.1, 0.15) is 36.5 Å². The molecule has 112 valence electrons. The summed E-state index contributed by atoms with van der Waals surface area (Å²) in [5.74, 6) is -4.23. The van der Waals surface area contributed by atoms with Gasteiger partial charge in [-0.15, -0.1) is 5.10 Å². The molecule has 0 radical (unpaired) electrons. The van der Waals surface area contributed by atoms with Crippen LogP contribution >= 0.6 is 0 Å². The van der Waals surface area contributed by atoms with E-state index in [1.54, 1.807) is 11.2 Å². The van der Waals surface area contributed by atoms with Gasteiger partial charge in [0.2, 0.25) is 0 Å². The molecule has 6 nitrogen and oxygen atoms in total. The van der Waals surface area contributed by atoms with Gasteiger partial charge >= 0.3 is 11.9 Å². The van der Waals surface area contributed by atoms with E-state index in [4.69, 9.17) is 4.42 Å². The minimum atomic E-state index is -3.02. The summed E-state index contributed by atoms with van der Waals surface area (Å²) in [5.41, 5.74) is 1.97. The molecule has 0 bridgehead atoms. The molecule has 1 aliphatic carbocycles. The van der Waals surface area contributed by atoms with Crippen molar-refractivity contribution < 1.29 is 13.2 Å². The van der Waals surface area contributed by atoms with E-state index >= 15 is 0 Å². The van der Waals surface area contributed by atoms with Crippen molar-refractivity contribution in [3.8, 4) is 0 Å². The van der Waals surface area contributed by atoms with Crippen molar-refractivity contribution in [1.29, 1.82) is 0 Å². The van der Waals surface area contributed by atoms with Crippen LogP contribution in [0.5, 0.6) is 0 Å². The minimum Gasteiger partial charge on any atom is -0.401 e. The van der Waals surface area contributed by atoms with Gasteiger partial charge in [0.15, 0.2) is 0 Å². The number of H-pyrrole nitrogens is 1. The monoisotopic (exact) mass is 295 g/mol. The number of halogens is 2. The van der Waals surface area contributed by atoms with Crippen molar-refractivity contribution >= 4 is 6.01 Å². The molecule has 1 N–H and O–H groups in total. The van der Waals surface area contributed by atoms with Crippen LogP contribution in [0, 0.1) is 5.92 Å². The van der Waals surface area contributed by atoms with Crippen LogP contribution in [0.2, 0.25) is 0 Å². The summed E-state index contributed by atoms with van der Waals surface area (Å²) in [6.45, 7) is 1.15. The SMILES string of the molecule is FC(F)(c1nnc(N2CCc3nc[nH]c3C2)o1)C1CCC1. The lowest BCUT2D eigenvalue weighted by molar-refractivity contribution is -0.114. The van der Waals surface area contributed by atoms with Crippen molar-refractivity contribution in [3.05, 3.63) is 23.6 Å². The predicted octanol–water partition coefficient (Wildman–Crippen LogP) is 2.25. The van der Waals surface area contributed by atoms with Crippen LogP contribution in [-0.2, 0) is 18.9 Å². The first-order valence-corrected chi connectivity index (χ1v) is 7.12. The second-order valence-electron chi connectivity index (χ2n) is 5.64. The zero-order valence-corrected chi connectivity index (χ0v) is 11.4. The molecule has 1 saturated carbocycles. The zero-order valence-electron chi connectivity index (χ0n) is 11.4. The maximum atomic E-state index is 14.1. The first kappa shape index (κ1) is 12.7. The molecule has 1 aliphatic heterocycles. The molecule has 2 aromatic rings. The molecular formula is C13H15F2N5O. The molecule has 0 aromatic carbocycles. The third-order valence-electron chi connectivity index (χ3n) is 4.36. The molecule has 3 heterocycles. The van der Waals surface area contributed by atoms with Gasteiger partial charge in [-0.05, 0) is 12.8 Å². The maximum absolute atomic E-state index is 14.1. The van der Waals surface area contributed by atoms with Gasteiger partial charge in [-0.2, -0.15) is 8.78 Å². The first-order valence-electron chi connectivity index (χ1n) is 7.12. The Morgan fingerprint density at radius 3 is 2.95 bits per heavy atom. The lowest BCUT2D eigenvalue weighted by atomic mass is 9.80. The topological polar surface area (TPSA) is 70.8 Å². The Bertz CT molecular complexity index is 649. The Morgan fingerprint density at radius 2 is 2.19 bits per heavy atom. The van der Waals surface area contributed by atoms with E-state index in [0.29, 0.717) is 25.9 Å². The molecule has 1 fully saturated rings. The van der Waals surface area contributed by atoms with Crippen LogP contribution in [-0.4, -0.2) is 26.7 Å². The van der Waals surface area contributed by atoms with Crippen LogP contribution in [0.15, 0.2) is 10.7 Å². The standard InChI is InChI=1S/C13H15F2N5O/c14-13(15,8-2-1-3-8)11-18-19-12(21-11)20-5-4-9-10(6-20)17-7-16-9/h7-8H,1-6H2,(H,16,17). The molecule has 0 atom stereocenters. The van der Waals surface area contributed by atoms with Crippen LogP contribution in [0.3, 0.4) is 0 Å². The highest BCUT2D eigenvalue weighted by Gasteiger charge is 2.49. The Kier molecular flexibility index (Phi) is 2.73. The van der Waals surface area contributed by atoms with Crippen molar-refractivity contribution in [3.63, 3.8) is 0 Å². The zero-order chi connectivity index (χ0) is 14.4. The fourth-order valence-electron chi connectivity index (χ4n) is 2.80. The molecule has 4 rings (SSSR count). The van der Waals surface area contributed by atoms with Crippen LogP contribution in [0.25, 0.3) is 0 Å². The molecule has 21 heavy (non-hydrogen) atoms. The van der Waals surface area contributed by atoms with Crippen molar-refractivity contribution in [2.24, 2.45) is 5.92 Å². The van der Waals surface area contributed by atoms with Gasteiger partial charge in [-0.1, -0.05) is 11.5 Å². The lowest BCUT2D eigenvalue weighted by Gasteiger charge is -2.30. The highest BCUT2D eigenvalue weighted by atomic mass is 19.3. The second kappa shape index (κ2) is 4.51. The average Bonchev–Trinajstić information content (AvgIpc) is 3.04. The largest absolute Gasteiger partial charge is 0.401 e. The number of aromatic nitrogens is 4. The van der Waals surface area contributed by atoms with Crippen molar-refractivity contribution in [1.82, 2.24) is 20.2 Å². The van der Waals surface area contributed by atoms with E-state index in [1.165, 1.54) is 0 Å². The smallest absolute Gasteiger partial charge is 0.326 e. The second-order valence-corrected chi connectivity index (χ2v) is 5.64. The number of rotatable bonds is 3. The molecular weight excluding hydrogens is 280 g/mol. The summed E-state index contributed by atoms with van der Waals surface area (Å²) >= 11 is 0. The summed E-state index contributed by atoms with van der Waals surface area (Å²) in [6, 6.07) is 0.157. The van der Waals surface area contributed by atoms with Gasteiger partial charge in [0.1, 0.15) is 0 Å². The number of alkyl halides is 2. The van der Waals surface area contributed by atoms with Gasteiger partial charge in [0, 0.05) is 18.9 Å². The van der Waals surface area contributed by atoms with E-state index < -0.39 is 17.7 Å². The average molecular weight is 295 g/mol. The van der Waals surface area contributed by atoms with Gasteiger partial charge in [-0.25, -0.2) is 4.98 Å². The van der Waals surface area contributed by atoms with Crippen molar-refractivity contribution in [2.75, 3.05) is 11.4 Å². The highest BCUT2D eigenvalue weighted by Crippen LogP contribution is 2.46. The summed E-state index contributed by atoms with van der Waals surface area (Å²) < 4.78 is 33.5. The Hall–Kier alpha value is -1.99. The Morgan fingerprint density at radius 1 is 1.33 bits per heavy atom. The van der Waals surface area contributed by atoms with E-state index in [0.717, 1.165) is 24.2 Å². The molecule has 2 aromatic heterocycles. The Balaban J connectivity index is 1.55. The van der Waals surface area contributed by atoms with E-state index in [9.17, 15) is 8.78 Å². The molecule has 0 saturated heterocycles. The Labute approximate surface area is 119 Å². The quantitative estimate of drug-likeness (QED) is 0.940. The lowest BCUT2D eigenvalue weighted by Crippen LogP contribution is -2.32. The van der Waals surface area contributed by atoms with Crippen molar-refractivity contribution in [2.45, 2.75) is 38.2 Å². The van der Waals surface area contributed by atoms with Gasteiger partial charge in [0.25, 0.3) is 5.89 Å². The molecule has 8 heteroatoms. The van der Waals surface area contributed by atoms with E-state index in [2.05, 4.69) is 20.2 Å². The molecule has 2 aliphatic rings. The van der Waals surface area contributed by atoms with E-state index in [1.807, 2.05) is 0 Å². The van der Waals surface area contributed by atoms with Gasteiger partial charge in [0.05, 0.1) is 24.3 Å². The maximum Gasteiger partial charge on any atom is 0.326 e. The number of hydrogen-bond acceptors (Lipinski definition) is 5. The fraction of sp³-hybridized carbons (Fsp3) is 0.615. The summed E-state index contributed by atoms with van der Waals surface area (Å²) in [5, 5.41) is 7.37.